The zero-order chi connectivity index (χ0) is 99.8. The van der Waals surface area contributed by atoms with E-state index in [9.17, 15) is 117 Å². The minimum Gasteiger partial charge on any atom is -0.507 e. The normalized spacial score (nSPS) is 11.7. The molecule has 11 aromatic carbocycles. The van der Waals surface area contributed by atoms with E-state index in [1.165, 1.54) is 72.8 Å². The predicted molar refractivity (Wildman–Crippen MR) is 506 cm³/mol. The van der Waals surface area contributed by atoms with Gasteiger partial charge in [0, 0.05) is 165 Å². The molecule has 730 valence electrons. The summed E-state index contributed by atoms with van der Waals surface area (Å²) in [6.07, 6.45) is 2.90. The molecule has 0 aliphatic heterocycles. The van der Waals surface area contributed by atoms with Crippen molar-refractivity contribution in [3.63, 3.8) is 0 Å². The molecule has 11 rings (SSSR count). The molecule has 29 nitrogen and oxygen atoms in total. The summed E-state index contributed by atoms with van der Waals surface area (Å²) in [6.45, 7) is 11.7. The number of aromatic hydroxyl groups is 11. The lowest BCUT2D eigenvalue weighted by molar-refractivity contribution is 0.174. The Morgan fingerprint density at radius 3 is 0.452 bits per heavy atom. The van der Waals surface area contributed by atoms with E-state index in [2.05, 4.69) is 46.8 Å². The number of phenolic OH excluding ortho intramolecular Hbond substituents is 5. The highest BCUT2D eigenvalue weighted by molar-refractivity contribution is 5.64. The minimum atomic E-state index is -1.20. The Kier molecular flexibility index (Phi) is 39.7. The quantitative estimate of drug-likeness (QED) is 0.0159. The molecule has 0 aliphatic carbocycles. The number of rotatable bonds is 39. The molecule has 11 aromatic rings. The van der Waals surface area contributed by atoms with E-state index in [4.69, 9.17) is 28.4 Å². The van der Waals surface area contributed by atoms with Gasteiger partial charge in [0.25, 0.3) is 0 Å². The number of hydrogen-bond acceptors (Lipinski definition) is 29. The lowest BCUT2D eigenvalue weighted by atomic mass is 9.68. The minimum absolute atomic E-state index is 0.143. The van der Waals surface area contributed by atoms with Crippen LogP contribution < -0.4 is 0 Å². The van der Waals surface area contributed by atoms with Crippen molar-refractivity contribution in [2.24, 2.45) is 0 Å². The molecular weight excluding hydrogens is 1740 g/mol. The van der Waals surface area contributed by atoms with E-state index in [1.54, 1.807) is 49.6 Å². The zero-order valence-corrected chi connectivity index (χ0v) is 79.1. The maximum Gasteiger partial charge on any atom is 0.126 e. The second-order valence-electron chi connectivity index (χ2n) is 33.9. The maximum absolute atomic E-state index is 11.0. The third-order valence-electron chi connectivity index (χ3n) is 25.3. The van der Waals surface area contributed by atoms with Gasteiger partial charge < -0.3 is 146 Å². The summed E-state index contributed by atoms with van der Waals surface area (Å²) in [5.74, 6) is -1.07. The Morgan fingerprint density at radius 1 is 0.185 bits per heavy atom. The van der Waals surface area contributed by atoms with Crippen molar-refractivity contribution in [1.29, 1.82) is 0 Å². The second kappa shape index (κ2) is 49.3. The molecule has 29 heteroatoms. The van der Waals surface area contributed by atoms with Gasteiger partial charge in [0.05, 0.1) is 119 Å². The van der Waals surface area contributed by atoms with Crippen LogP contribution in [-0.4, -0.2) is 160 Å². The standard InChI is InChI=1S/C32H42O7.C26H30O9.C25H28O9.C23H32O4/c1-8-20-10-26(11-21(9-2)29(20)33)32(3,27-12-22(16-36-4)30(34)23(13-27)17-37-5)28-14-24(18-38-6)31(35)25(15-28)19-39-7;1-26(20-2-14(8-27)23(33)15(3-20)9-28,21-4-16(10-29)24(34)17(5-21)11-30)22-6-18(12-31)25(35)19(7-22)13-32;26-7-16-1-13(2-17(8-27)23(16)32)22(14-3-18(9-28)24(33)19(4-14)10-29)15-5-20(11-30)25(34)21(6-15)12-31;1-7-15-9-19(10-16(8-2)21(15)24)23(3,4)20-11-17(13-26-5)22(25)18(12-20)14-27-6/h10-15,33-35H,8-9,16-19H2,1-7H3;2-7,27-35H,8-13H2,1H3;1-6,22,26-34H,7-12H2;9-12,24-25H,7-8,13-14H2,1-6H3. The number of ether oxygens (including phenoxy) is 6. The van der Waals surface area contributed by atoms with E-state index in [-0.39, 0.29) is 150 Å². The molecule has 0 fully saturated rings. The molecule has 0 heterocycles. The number of hydrogen-bond donors (Lipinski definition) is 23. The molecule has 0 aromatic heterocycles. The van der Waals surface area contributed by atoms with Crippen molar-refractivity contribution in [3.8, 4) is 63.2 Å². The topological polar surface area (TPSA) is 521 Å². The van der Waals surface area contributed by atoms with Gasteiger partial charge in [-0.3, -0.25) is 0 Å². The van der Waals surface area contributed by atoms with Crippen molar-refractivity contribution in [2.45, 2.75) is 222 Å². The predicted octanol–water partition coefficient (Wildman–Crippen LogP) is 12.8. The van der Waals surface area contributed by atoms with E-state index < -0.39 is 96.0 Å². The van der Waals surface area contributed by atoms with Crippen molar-refractivity contribution in [2.75, 3.05) is 42.7 Å². The highest BCUT2D eigenvalue weighted by Crippen LogP contribution is 2.50. The fraction of sp³-hybridized carbons (Fsp3) is 0.377. The van der Waals surface area contributed by atoms with Gasteiger partial charge in [0.1, 0.15) is 63.2 Å². The fourth-order valence-electron chi connectivity index (χ4n) is 17.3. The number of phenols is 11. The van der Waals surface area contributed by atoms with Gasteiger partial charge >= 0.3 is 0 Å². The van der Waals surface area contributed by atoms with Gasteiger partial charge in [-0.1, -0.05) is 65.8 Å². The van der Waals surface area contributed by atoms with Crippen LogP contribution in [-0.2, 0) is 189 Å². The Labute approximate surface area is 787 Å². The summed E-state index contributed by atoms with van der Waals surface area (Å²) < 4.78 is 32.3. The second-order valence-corrected chi connectivity index (χ2v) is 33.9. The van der Waals surface area contributed by atoms with Gasteiger partial charge in [-0.2, -0.15) is 0 Å². The van der Waals surface area contributed by atoms with Gasteiger partial charge in [0.15, 0.2) is 0 Å². The highest BCUT2D eigenvalue weighted by Gasteiger charge is 2.39. The molecule has 0 spiro atoms. The van der Waals surface area contributed by atoms with Gasteiger partial charge in [-0.05, 0) is 232 Å². The van der Waals surface area contributed by atoms with Gasteiger partial charge in [0.2, 0.25) is 0 Å². The van der Waals surface area contributed by atoms with Crippen LogP contribution in [0.2, 0.25) is 0 Å². The van der Waals surface area contributed by atoms with Crippen LogP contribution in [0.1, 0.15) is 245 Å². The van der Waals surface area contributed by atoms with Crippen LogP contribution >= 0.6 is 0 Å². The Hall–Kier alpha value is -11.5. The van der Waals surface area contributed by atoms with E-state index in [0.29, 0.717) is 93.2 Å². The van der Waals surface area contributed by atoms with Crippen LogP contribution in [0.25, 0.3) is 0 Å². The maximum atomic E-state index is 11.0. The Balaban J connectivity index is 0.000000223. The third kappa shape index (κ3) is 23.6. The van der Waals surface area contributed by atoms with Crippen LogP contribution in [0, 0.1) is 0 Å². The Bertz CT molecular complexity index is 5230. The average Bonchev–Trinajstić information content (AvgIpc) is 0.740. The Morgan fingerprint density at radius 2 is 0.304 bits per heavy atom. The summed E-state index contributed by atoms with van der Waals surface area (Å²) in [6, 6.07) is 38.4. The highest BCUT2D eigenvalue weighted by atomic mass is 16.5. The molecule has 0 amide bonds. The molecule has 0 saturated heterocycles. The first kappa shape index (κ1) is 109. The number of aryl methyl sites for hydroxylation is 4. The van der Waals surface area contributed by atoms with E-state index >= 15 is 0 Å². The van der Waals surface area contributed by atoms with Crippen LogP contribution in [0.4, 0.5) is 0 Å². The third-order valence-corrected chi connectivity index (χ3v) is 25.3. The number of aliphatic hydroxyl groups is 12. The summed E-state index contributed by atoms with van der Waals surface area (Å²) in [7, 11) is 9.61. The molecule has 135 heavy (non-hydrogen) atoms. The lowest BCUT2D eigenvalue weighted by Crippen LogP contribution is -2.27. The average molecular weight is 1870 g/mol. The smallest absolute Gasteiger partial charge is 0.126 e. The first-order valence-electron chi connectivity index (χ1n) is 44.1. The molecular formula is C106H132O29. The monoisotopic (exact) mass is 1870 g/mol. The lowest BCUT2D eigenvalue weighted by Gasteiger charge is -2.35. The molecule has 0 aliphatic rings. The number of benzene rings is 11. The molecule has 23 N–H and O–H groups in total. The molecule has 0 unspecified atom stereocenters. The first-order valence-corrected chi connectivity index (χ1v) is 44.1. The van der Waals surface area contributed by atoms with Crippen molar-refractivity contribution < 1.29 is 146 Å². The van der Waals surface area contributed by atoms with Crippen LogP contribution in [0.15, 0.2) is 133 Å². The van der Waals surface area contributed by atoms with Gasteiger partial charge in [-0.15, -0.1) is 0 Å². The van der Waals surface area contributed by atoms with E-state index in [1.807, 2.05) is 62.4 Å². The summed E-state index contributed by atoms with van der Waals surface area (Å²) in [4.78, 5) is 0. The molecule has 0 atom stereocenters. The zero-order valence-electron chi connectivity index (χ0n) is 79.1. The molecule has 0 radical (unpaired) electrons. The summed E-state index contributed by atoms with van der Waals surface area (Å²) in [5.41, 5.74) is 15.1. The van der Waals surface area contributed by atoms with E-state index in [0.717, 1.165) is 74.0 Å². The van der Waals surface area contributed by atoms with Crippen LogP contribution in [0.3, 0.4) is 0 Å². The number of methoxy groups -OCH3 is 6. The summed E-state index contributed by atoms with van der Waals surface area (Å²) >= 11 is 0. The largest absolute Gasteiger partial charge is 0.507 e. The fourth-order valence-corrected chi connectivity index (χ4v) is 17.3. The molecule has 0 saturated carbocycles. The molecule has 0 bridgehead atoms. The summed E-state index contributed by atoms with van der Waals surface area (Å²) in [5, 5.41) is 233. The van der Waals surface area contributed by atoms with Crippen LogP contribution in [0.5, 0.6) is 63.2 Å². The first-order chi connectivity index (χ1) is 64.5. The number of aliphatic hydroxyl groups excluding tert-OH is 12. The van der Waals surface area contributed by atoms with Crippen molar-refractivity contribution >= 4 is 0 Å². The SMILES string of the molecule is CC(c1cc(CO)c(O)c(CO)c1)(c1cc(CO)c(O)c(CO)c1)c1cc(CO)c(O)c(CO)c1.CCc1cc(C(C)(C)c2cc(COC)c(O)c(COC)c2)cc(CC)c1O.CCc1cc(C(C)(c2cc(COC)c(O)c(COC)c2)c2cc(COC)c(O)c(COC)c2)cc(CC)c1O.OCc1cc(C(c2cc(CO)c(O)c(CO)c2)c2cc(CO)c(O)c(CO)c2)cc(CO)c1O. The van der Waals surface area contributed by atoms with Gasteiger partial charge in [-0.25, -0.2) is 0 Å². The van der Waals surface area contributed by atoms with Crippen molar-refractivity contribution in [1.82, 2.24) is 0 Å². The van der Waals surface area contributed by atoms with Crippen molar-refractivity contribution in [3.05, 3.63) is 317 Å².